The lowest BCUT2D eigenvalue weighted by atomic mass is 9.69. The zero-order chi connectivity index (χ0) is 51.8. The number of rotatable bonds is 45. The lowest BCUT2D eigenvalue weighted by molar-refractivity contribution is -0.167. The van der Waals surface area contributed by atoms with Gasteiger partial charge in [0.05, 0.1) is 11.8 Å². The maximum absolute atomic E-state index is 12.9. The van der Waals surface area contributed by atoms with Crippen molar-refractivity contribution >= 4 is 29.8 Å². The molecule has 0 aromatic rings. The Hall–Kier alpha value is -4.73. The second-order valence-corrected chi connectivity index (χ2v) is 19.1. The van der Waals surface area contributed by atoms with E-state index in [0.717, 1.165) is 128 Å². The van der Waals surface area contributed by atoms with Gasteiger partial charge >= 0.3 is 29.8 Å². The summed E-state index contributed by atoms with van der Waals surface area (Å²) < 4.78 is 16.7. The zero-order valence-corrected chi connectivity index (χ0v) is 44.4. The third-order valence-corrected chi connectivity index (χ3v) is 12.7. The molecule has 1 aliphatic rings. The van der Waals surface area contributed by atoms with Gasteiger partial charge in [-0.25, -0.2) is 0 Å². The third-order valence-electron chi connectivity index (χ3n) is 12.7. The number of hydrogen-bond acceptors (Lipinski definition) is 8. The molecule has 0 heterocycles. The average molecular weight is 989 g/mol. The quantitative estimate of drug-likeness (QED) is 0.0198. The van der Waals surface area contributed by atoms with Gasteiger partial charge in [-0.3, -0.25) is 24.0 Å². The van der Waals surface area contributed by atoms with Crippen LogP contribution in [0.4, 0.5) is 0 Å². The summed E-state index contributed by atoms with van der Waals surface area (Å²) in [5.41, 5.74) is 0. The van der Waals surface area contributed by atoms with Gasteiger partial charge in [-0.15, -0.1) is 0 Å². The van der Waals surface area contributed by atoms with Crippen molar-refractivity contribution in [2.24, 2.45) is 23.7 Å². The van der Waals surface area contributed by atoms with Crippen LogP contribution in [0.2, 0.25) is 0 Å². The molecule has 0 saturated carbocycles. The minimum Gasteiger partial charge on any atom is -0.481 e. The summed E-state index contributed by atoms with van der Waals surface area (Å²) in [5.74, 6) is -5.92. The molecule has 0 bridgehead atoms. The molecule has 1 aliphatic carbocycles. The molecule has 0 aromatic heterocycles. The maximum Gasteiger partial charge on any atom is 0.308 e. The number of carbonyl (C=O) groups excluding carboxylic acids is 3. The first kappa shape index (κ1) is 64.3. The smallest absolute Gasteiger partial charge is 0.308 e. The fourth-order valence-electron chi connectivity index (χ4n) is 8.49. The first-order valence-electron chi connectivity index (χ1n) is 27.9. The Balaban J connectivity index is 2.48. The van der Waals surface area contributed by atoms with Gasteiger partial charge in [0, 0.05) is 25.2 Å². The van der Waals surface area contributed by atoms with Crippen LogP contribution in [0.5, 0.6) is 0 Å². The van der Waals surface area contributed by atoms with Gasteiger partial charge in [0.2, 0.25) is 0 Å². The summed E-state index contributed by atoms with van der Waals surface area (Å²) in [5, 5.41) is 19.9. The second-order valence-electron chi connectivity index (χ2n) is 19.1. The highest BCUT2D eigenvalue weighted by atomic mass is 16.6. The number of carboxylic acid groups (broad SMARTS) is 2. The lowest BCUT2D eigenvalue weighted by Gasteiger charge is -2.33. The largest absolute Gasteiger partial charge is 0.481 e. The van der Waals surface area contributed by atoms with E-state index in [1.807, 2.05) is 31.2 Å². The Kier molecular flexibility index (Phi) is 42.0. The topological polar surface area (TPSA) is 154 Å². The predicted octanol–water partition coefficient (Wildman–Crippen LogP) is 15.8. The first-order valence-corrected chi connectivity index (χ1v) is 27.9. The van der Waals surface area contributed by atoms with Crippen LogP contribution in [0.25, 0.3) is 0 Å². The van der Waals surface area contributed by atoms with Crippen LogP contribution in [0.15, 0.2) is 97.2 Å². The van der Waals surface area contributed by atoms with E-state index in [-0.39, 0.29) is 44.4 Å². The zero-order valence-electron chi connectivity index (χ0n) is 44.4. The molecule has 0 radical (unpaired) electrons. The molecule has 71 heavy (non-hydrogen) atoms. The number of hydrogen-bond donors (Lipinski definition) is 2. The second kappa shape index (κ2) is 46.3. The van der Waals surface area contributed by atoms with Crippen molar-refractivity contribution in [1.82, 2.24) is 0 Å². The number of carbonyl (C=O) groups is 5. The van der Waals surface area contributed by atoms with E-state index in [9.17, 15) is 34.2 Å². The molecule has 0 fully saturated rings. The van der Waals surface area contributed by atoms with Crippen LogP contribution >= 0.6 is 0 Å². The van der Waals surface area contributed by atoms with E-state index in [0.29, 0.717) is 19.3 Å². The van der Waals surface area contributed by atoms with Gasteiger partial charge in [0.25, 0.3) is 0 Å². The summed E-state index contributed by atoms with van der Waals surface area (Å²) in [6.45, 7) is 6.10. The highest BCUT2D eigenvalue weighted by molar-refractivity contribution is 5.81. The predicted molar refractivity (Wildman–Crippen MR) is 290 cm³/mol. The molecule has 2 N–H and O–H groups in total. The molecule has 10 nitrogen and oxygen atoms in total. The van der Waals surface area contributed by atoms with Crippen molar-refractivity contribution in [2.45, 2.75) is 219 Å². The van der Waals surface area contributed by atoms with Crippen LogP contribution < -0.4 is 0 Å². The lowest BCUT2D eigenvalue weighted by Crippen LogP contribution is -2.41. The van der Waals surface area contributed by atoms with Gasteiger partial charge in [-0.2, -0.15) is 0 Å². The van der Waals surface area contributed by atoms with Crippen molar-refractivity contribution in [3.8, 4) is 0 Å². The number of aliphatic carboxylic acids is 2. The number of esters is 3. The fourth-order valence-corrected chi connectivity index (χ4v) is 8.49. The van der Waals surface area contributed by atoms with Crippen molar-refractivity contribution in [3.63, 3.8) is 0 Å². The minimum atomic E-state index is -1.07. The van der Waals surface area contributed by atoms with Gasteiger partial charge in [-0.1, -0.05) is 214 Å². The van der Waals surface area contributed by atoms with Crippen molar-refractivity contribution < 1.29 is 48.4 Å². The van der Waals surface area contributed by atoms with Crippen LogP contribution in [0.1, 0.15) is 213 Å². The molecule has 0 spiro atoms. The van der Waals surface area contributed by atoms with Crippen molar-refractivity contribution in [2.75, 3.05) is 13.2 Å². The van der Waals surface area contributed by atoms with Crippen molar-refractivity contribution in [3.05, 3.63) is 97.2 Å². The van der Waals surface area contributed by atoms with E-state index in [1.54, 1.807) is 0 Å². The van der Waals surface area contributed by atoms with E-state index in [4.69, 9.17) is 14.2 Å². The molecule has 0 amide bonds. The summed E-state index contributed by atoms with van der Waals surface area (Å²) >= 11 is 0. The summed E-state index contributed by atoms with van der Waals surface area (Å²) in [6.07, 6.45) is 59.2. The van der Waals surface area contributed by atoms with Crippen LogP contribution in [-0.4, -0.2) is 59.4 Å². The highest BCUT2D eigenvalue weighted by Crippen LogP contribution is 2.38. The average Bonchev–Trinajstić information content (AvgIpc) is 3.35. The summed E-state index contributed by atoms with van der Waals surface area (Å²) in [4.78, 5) is 62.5. The molecule has 0 saturated heterocycles. The van der Waals surface area contributed by atoms with E-state index < -0.39 is 47.7 Å². The number of ether oxygens (including phenoxy) is 3. The molecular weight excluding hydrogens is 893 g/mol. The van der Waals surface area contributed by atoms with Crippen LogP contribution in [-0.2, 0) is 38.2 Å². The molecule has 400 valence electrons. The van der Waals surface area contributed by atoms with Gasteiger partial charge in [-0.05, 0) is 83.0 Å². The standard InChI is InChI=1S/C61H96O10/c1-4-7-10-12-14-16-18-20-22-24-26-28-32-36-40-45-55(62)69-50-54(71-57(64)47-42-38-33-29-27-25-23-21-19-17-15-13-11-8-5-2)51-70-56(63)46-41-37-34-30-31-35-39-44-53-49-48-52(43-9-6-3)58(60(65)66)59(53)61(67)68/h12-23,39,44,48-49,52-54,58-59H,4-11,24-38,40-43,45-47,50-51H2,1-3H3,(H,65,66)(H,67,68)/b14-12+,15-13-,18-16+,19-17+,22-20+,23-21+,44-39-/t52-,53+,54+,58-,59+/m0/s1. The van der Waals surface area contributed by atoms with Gasteiger partial charge in [0.15, 0.2) is 6.10 Å². The number of unbranched alkanes of at least 4 members (excludes halogenated alkanes) is 20. The Morgan fingerprint density at radius 2 is 0.817 bits per heavy atom. The molecule has 0 aliphatic heterocycles. The fraction of sp³-hybridized carbons (Fsp3) is 0.656. The molecule has 0 unspecified atom stereocenters. The molecule has 0 aromatic carbocycles. The van der Waals surface area contributed by atoms with E-state index in [2.05, 4.69) is 86.8 Å². The number of allylic oxidation sites excluding steroid dienone is 16. The van der Waals surface area contributed by atoms with Crippen LogP contribution in [0, 0.1) is 23.7 Å². The molecular formula is C61H96O10. The maximum atomic E-state index is 12.9. The Bertz CT molecular complexity index is 1650. The number of carboxylic acids is 2. The summed E-state index contributed by atoms with van der Waals surface area (Å²) in [6, 6.07) is 0. The Morgan fingerprint density at radius 3 is 1.24 bits per heavy atom. The van der Waals surface area contributed by atoms with E-state index in [1.165, 1.54) is 25.7 Å². The van der Waals surface area contributed by atoms with E-state index >= 15 is 0 Å². The molecule has 1 rings (SSSR count). The monoisotopic (exact) mass is 989 g/mol. The first-order chi connectivity index (χ1) is 34.6. The highest BCUT2D eigenvalue weighted by Gasteiger charge is 2.44. The van der Waals surface area contributed by atoms with Crippen LogP contribution in [0.3, 0.4) is 0 Å². The van der Waals surface area contributed by atoms with Gasteiger partial charge in [0.1, 0.15) is 13.2 Å². The Labute approximate surface area is 430 Å². The minimum absolute atomic E-state index is 0.160. The third kappa shape index (κ3) is 36.8. The van der Waals surface area contributed by atoms with Gasteiger partial charge < -0.3 is 24.4 Å². The molecule has 5 atom stereocenters. The SMILES string of the molecule is CCCC\C=C/C=C/C=C/CCCCCCCC(=O)O[C@@H](COC(=O)CCCCCCC/C=C\[C@@H]1C=C[C@H](CCCC)[C@H](C(=O)O)[C@@H]1C(=O)O)COC(=O)CCCCCCC/C=C/C=C/C=C/CCCC. The Morgan fingerprint density at radius 1 is 0.437 bits per heavy atom. The molecule has 10 heteroatoms. The summed E-state index contributed by atoms with van der Waals surface area (Å²) in [7, 11) is 0. The van der Waals surface area contributed by atoms with Crippen molar-refractivity contribution in [1.29, 1.82) is 0 Å². The normalized spacial score (nSPS) is 17.8.